The third kappa shape index (κ3) is 4.80. The van der Waals surface area contributed by atoms with E-state index in [1.807, 2.05) is 0 Å². The standard InChI is InChI=1S/C18H26N2O4S/c21-18(19-14-16-4-3-13-24-16)10-7-15-5-8-17(9-6-15)25(22,23)20-11-1-2-12-20/h5-6,8-9,16H,1-4,7,10-14H2,(H,19,21). The number of hydrogen-bond donors (Lipinski definition) is 1. The van der Waals surface area contributed by atoms with E-state index in [4.69, 9.17) is 4.74 Å². The van der Waals surface area contributed by atoms with Gasteiger partial charge in [0.25, 0.3) is 0 Å². The van der Waals surface area contributed by atoms with Crippen LogP contribution in [0.4, 0.5) is 0 Å². The molecule has 7 heteroatoms. The predicted octanol–water partition coefficient (Wildman–Crippen LogP) is 1.70. The van der Waals surface area contributed by atoms with E-state index in [0.29, 0.717) is 37.4 Å². The maximum absolute atomic E-state index is 12.5. The fraction of sp³-hybridized carbons (Fsp3) is 0.611. The van der Waals surface area contributed by atoms with Crippen molar-refractivity contribution in [3.63, 3.8) is 0 Å². The maximum Gasteiger partial charge on any atom is 0.243 e. The lowest BCUT2D eigenvalue weighted by Crippen LogP contribution is -2.31. The summed E-state index contributed by atoms with van der Waals surface area (Å²) >= 11 is 0. The number of nitrogens with zero attached hydrogens (tertiary/aromatic N) is 1. The molecule has 2 heterocycles. The summed E-state index contributed by atoms with van der Waals surface area (Å²) in [5.41, 5.74) is 0.965. The molecule has 0 aliphatic carbocycles. The first-order chi connectivity index (χ1) is 12.1. The molecule has 3 rings (SSSR count). The SMILES string of the molecule is O=C(CCc1ccc(S(=O)(=O)N2CCCC2)cc1)NCC1CCCO1. The molecular weight excluding hydrogens is 340 g/mol. The van der Waals surface area contributed by atoms with E-state index in [9.17, 15) is 13.2 Å². The van der Waals surface area contributed by atoms with E-state index in [0.717, 1.165) is 37.9 Å². The minimum atomic E-state index is -3.36. The van der Waals surface area contributed by atoms with Gasteiger partial charge in [-0.15, -0.1) is 0 Å². The number of benzene rings is 1. The first-order valence-electron chi connectivity index (χ1n) is 9.03. The van der Waals surface area contributed by atoms with Gasteiger partial charge in [0.1, 0.15) is 0 Å². The summed E-state index contributed by atoms with van der Waals surface area (Å²) < 4.78 is 32.0. The lowest BCUT2D eigenvalue weighted by molar-refractivity contribution is -0.121. The van der Waals surface area contributed by atoms with E-state index in [1.54, 1.807) is 28.6 Å². The molecule has 2 aliphatic heterocycles. The van der Waals surface area contributed by atoms with Crippen LogP contribution in [-0.2, 0) is 26.0 Å². The molecule has 1 N–H and O–H groups in total. The predicted molar refractivity (Wildman–Crippen MR) is 94.7 cm³/mol. The molecule has 1 atom stereocenters. The Kier molecular flexibility index (Phi) is 6.09. The van der Waals surface area contributed by atoms with Crippen LogP contribution in [0.5, 0.6) is 0 Å². The van der Waals surface area contributed by atoms with Crippen LogP contribution >= 0.6 is 0 Å². The molecule has 138 valence electrons. The van der Waals surface area contributed by atoms with E-state index in [2.05, 4.69) is 5.32 Å². The highest BCUT2D eigenvalue weighted by Crippen LogP contribution is 2.21. The third-order valence-corrected chi connectivity index (χ3v) is 6.73. The minimum Gasteiger partial charge on any atom is -0.376 e. The van der Waals surface area contributed by atoms with E-state index in [1.165, 1.54) is 0 Å². The van der Waals surface area contributed by atoms with Crippen molar-refractivity contribution in [3.05, 3.63) is 29.8 Å². The number of rotatable bonds is 7. The Morgan fingerprint density at radius 2 is 1.88 bits per heavy atom. The van der Waals surface area contributed by atoms with Crippen LogP contribution in [0.1, 0.15) is 37.7 Å². The molecule has 0 radical (unpaired) electrons. The van der Waals surface area contributed by atoms with Gasteiger partial charge < -0.3 is 10.1 Å². The van der Waals surface area contributed by atoms with Crippen molar-refractivity contribution in [1.29, 1.82) is 0 Å². The molecular formula is C18H26N2O4S. The molecule has 1 unspecified atom stereocenters. The fourth-order valence-electron chi connectivity index (χ4n) is 3.28. The summed E-state index contributed by atoms with van der Waals surface area (Å²) in [5.74, 6) is 0.00395. The highest BCUT2D eigenvalue weighted by atomic mass is 32.2. The Labute approximate surface area is 149 Å². The number of ether oxygens (including phenoxy) is 1. The zero-order valence-electron chi connectivity index (χ0n) is 14.4. The largest absolute Gasteiger partial charge is 0.376 e. The van der Waals surface area contributed by atoms with Crippen LogP contribution in [0.2, 0.25) is 0 Å². The zero-order chi connectivity index (χ0) is 17.7. The van der Waals surface area contributed by atoms with Crippen molar-refractivity contribution >= 4 is 15.9 Å². The van der Waals surface area contributed by atoms with Gasteiger partial charge in [0.15, 0.2) is 0 Å². The van der Waals surface area contributed by atoms with Gasteiger partial charge >= 0.3 is 0 Å². The number of carbonyl (C=O) groups is 1. The lowest BCUT2D eigenvalue weighted by Gasteiger charge is -2.15. The molecule has 2 aliphatic rings. The average molecular weight is 366 g/mol. The van der Waals surface area contributed by atoms with Gasteiger partial charge in [-0.3, -0.25) is 4.79 Å². The molecule has 1 amide bonds. The highest BCUT2D eigenvalue weighted by Gasteiger charge is 2.26. The monoisotopic (exact) mass is 366 g/mol. The topological polar surface area (TPSA) is 75.7 Å². The Morgan fingerprint density at radius 1 is 1.16 bits per heavy atom. The number of amides is 1. The molecule has 0 bridgehead atoms. The number of hydrogen-bond acceptors (Lipinski definition) is 4. The Hall–Kier alpha value is -1.44. The van der Waals surface area contributed by atoms with Gasteiger partial charge in [-0.2, -0.15) is 4.31 Å². The Morgan fingerprint density at radius 3 is 2.52 bits per heavy atom. The van der Waals surface area contributed by atoms with Crippen molar-refractivity contribution in [3.8, 4) is 0 Å². The first kappa shape index (κ1) is 18.4. The van der Waals surface area contributed by atoms with Gasteiger partial charge in [0.2, 0.25) is 15.9 Å². The summed E-state index contributed by atoms with van der Waals surface area (Å²) in [6.07, 6.45) is 5.07. The molecule has 1 aromatic carbocycles. The van der Waals surface area contributed by atoms with E-state index in [-0.39, 0.29) is 12.0 Å². The molecule has 1 aromatic rings. The van der Waals surface area contributed by atoms with Gasteiger partial charge in [0.05, 0.1) is 11.0 Å². The molecule has 0 spiro atoms. The van der Waals surface area contributed by atoms with Gasteiger partial charge in [0, 0.05) is 32.7 Å². The van der Waals surface area contributed by atoms with Crippen LogP contribution in [0.3, 0.4) is 0 Å². The van der Waals surface area contributed by atoms with Crippen molar-refractivity contribution in [2.75, 3.05) is 26.2 Å². The summed E-state index contributed by atoms with van der Waals surface area (Å²) in [4.78, 5) is 12.2. The number of nitrogens with one attached hydrogen (secondary N) is 1. The average Bonchev–Trinajstić information content (AvgIpc) is 3.32. The summed E-state index contributed by atoms with van der Waals surface area (Å²) in [5, 5.41) is 2.90. The normalized spacial score (nSPS) is 21.5. The Bertz CT molecular complexity index is 676. The second-order valence-electron chi connectivity index (χ2n) is 6.69. The second kappa shape index (κ2) is 8.29. The smallest absolute Gasteiger partial charge is 0.243 e. The van der Waals surface area contributed by atoms with Crippen molar-refractivity contribution < 1.29 is 17.9 Å². The van der Waals surface area contributed by atoms with Crippen LogP contribution in [0.15, 0.2) is 29.2 Å². The summed E-state index contributed by atoms with van der Waals surface area (Å²) in [7, 11) is -3.36. The zero-order valence-corrected chi connectivity index (χ0v) is 15.3. The van der Waals surface area contributed by atoms with Crippen molar-refractivity contribution in [1.82, 2.24) is 9.62 Å². The molecule has 0 aromatic heterocycles. The van der Waals surface area contributed by atoms with Gasteiger partial charge in [-0.05, 0) is 49.8 Å². The second-order valence-corrected chi connectivity index (χ2v) is 8.63. The Balaban J connectivity index is 1.48. The van der Waals surface area contributed by atoms with E-state index < -0.39 is 10.0 Å². The number of aryl methyl sites for hydroxylation is 1. The highest BCUT2D eigenvalue weighted by molar-refractivity contribution is 7.89. The molecule has 2 fully saturated rings. The number of carbonyl (C=O) groups excluding carboxylic acids is 1. The van der Waals surface area contributed by atoms with E-state index >= 15 is 0 Å². The van der Waals surface area contributed by atoms with Crippen LogP contribution < -0.4 is 5.32 Å². The van der Waals surface area contributed by atoms with Gasteiger partial charge in [-0.25, -0.2) is 8.42 Å². The molecule has 6 nitrogen and oxygen atoms in total. The quantitative estimate of drug-likeness (QED) is 0.797. The lowest BCUT2D eigenvalue weighted by atomic mass is 10.1. The molecule has 0 saturated carbocycles. The van der Waals surface area contributed by atoms with Crippen molar-refractivity contribution in [2.45, 2.75) is 49.5 Å². The summed E-state index contributed by atoms with van der Waals surface area (Å²) in [6.45, 7) is 2.57. The summed E-state index contributed by atoms with van der Waals surface area (Å²) in [6, 6.07) is 6.90. The number of sulfonamides is 1. The maximum atomic E-state index is 12.5. The third-order valence-electron chi connectivity index (χ3n) is 4.82. The molecule has 2 saturated heterocycles. The van der Waals surface area contributed by atoms with Crippen LogP contribution in [0.25, 0.3) is 0 Å². The molecule has 25 heavy (non-hydrogen) atoms. The minimum absolute atomic E-state index is 0.00395. The first-order valence-corrected chi connectivity index (χ1v) is 10.5. The van der Waals surface area contributed by atoms with Crippen molar-refractivity contribution in [2.24, 2.45) is 0 Å². The fourth-order valence-corrected chi connectivity index (χ4v) is 4.80. The van der Waals surface area contributed by atoms with Gasteiger partial charge in [-0.1, -0.05) is 12.1 Å². The van der Waals surface area contributed by atoms with Crippen LogP contribution in [-0.4, -0.2) is 51.0 Å². The van der Waals surface area contributed by atoms with Crippen LogP contribution in [0, 0.1) is 0 Å².